The number of nitrogens with one attached hydrogen (secondary N) is 2. The van der Waals surface area contributed by atoms with Gasteiger partial charge in [-0.15, -0.1) is 0 Å². The van der Waals surface area contributed by atoms with Gasteiger partial charge in [-0.25, -0.2) is 0 Å². The minimum atomic E-state index is -2.02. The zero-order valence-corrected chi connectivity index (χ0v) is 30.5. The van der Waals surface area contributed by atoms with Crippen molar-refractivity contribution in [2.75, 3.05) is 42.9 Å². The molecule has 2 aliphatic heterocycles. The maximum atomic E-state index is 14.3. The summed E-state index contributed by atoms with van der Waals surface area (Å²) in [4.78, 5) is 56.4. The van der Waals surface area contributed by atoms with Crippen LogP contribution in [0.5, 0.6) is 11.5 Å². The summed E-state index contributed by atoms with van der Waals surface area (Å²) in [5.74, 6) is -0.868. The lowest BCUT2D eigenvalue weighted by atomic mass is 9.82. The number of carbonyl (C=O) groups excluding carboxylic acids is 4. The molecule has 3 atom stereocenters. The predicted octanol–water partition coefficient (Wildman–Crippen LogP) is 5.51. The number of benzene rings is 4. The van der Waals surface area contributed by atoms with Crippen molar-refractivity contribution in [2.24, 2.45) is 5.92 Å². The molecule has 12 heteroatoms. The van der Waals surface area contributed by atoms with Crippen molar-refractivity contribution in [3.8, 4) is 11.5 Å². The molecule has 1 saturated heterocycles. The van der Waals surface area contributed by atoms with E-state index in [1.807, 2.05) is 0 Å². The van der Waals surface area contributed by atoms with Crippen LogP contribution in [-0.4, -0.2) is 72.2 Å². The second kappa shape index (κ2) is 16.4. The Balaban J connectivity index is 1.23. The Morgan fingerprint density at radius 2 is 1.44 bits per heavy atom. The summed E-state index contributed by atoms with van der Waals surface area (Å²) in [6.07, 6.45) is 4.95. The first-order chi connectivity index (χ1) is 26.0. The number of fused-ring (bicyclic) bond motifs is 1. The molecule has 280 valence electrons. The number of hydrogen-bond acceptors (Lipinski definition) is 8. The molecule has 0 spiro atoms. The van der Waals surface area contributed by atoms with E-state index in [4.69, 9.17) is 9.47 Å². The van der Waals surface area contributed by atoms with Crippen molar-refractivity contribution in [1.29, 1.82) is 0 Å². The van der Waals surface area contributed by atoms with Gasteiger partial charge < -0.3 is 40.1 Å². The third-order valence-electron chi connectivity index (χ3n) is 10.1. The second-order valence-electron chi connectivity index (χ2n) is 13.4. The fraction of sp³-hybridized carbons (Fsp3) is 0.286. The van der Waals surface area contributed by atoms with E-state index in [2.05, 4.69) is 10.6 Å². The maximum Gasteiger partial charge on any atom is 0.264 e. The minimum absolute atomic E-state index is 0.0565. The van der Waals surface area contributed by atoms with Gasteiger partial charge in [-0.1, -0.05) is 31.2 Å². The molecule has 0 radical (unpaired) electrons. The van der Waals surface area contributed by atoms with Crippen LogP contribution in [0.25, 0.3) is 0 Å². The van der Waals surface area contributed by atoms with Gasteiger partial charge in [0.05, 0.1) is 39.1 Å². The Labute approximate surface area is 314 Å². The lowest BCUT2D eigenvalue weighted by molar-refractivity contribution is -0.139. The normalized spacial score (nSPS) is 18.4. The fourth-order valence-electron chi connectivity index (χ4n) is 6.93. The Morgan fingerprint density at radius 1 is 0.870 bits per heavy atom. The molecular formula is C42H44N4O8. The standard InChI is InChI=1S/C42H44N4O8/c1-27(6-4-8-38(48)45-23-5-7-33(45)26-47)42(52)36-24-32(44-40(50)30-13-20-35(54-3)21-14-30)17-22-37(36)46(41(42)51)25-28-9-15-31(16-10-28)43-39(49)29-11-18-34(53-2)19-12-29/h4,6,9-22,24,27,33,47,52H,5,7-8,23,25-26H2,1-3H3,(H,43,49)(H,44,50)/b6-4+/t27-,33-,42+/m0/s1. The van der Waals surface area contributed by atoms with Gasteiger partial charge in [0.25, 0.3) is 17.7 Å². The van der Waals surface area contributed by atoms with Crippen molar-refractivity contribution in [3.05, 3.63) is 125 Å². The van der Waals surface area contributed by atoms with E-state index in [-0.39, 0.29) is 43.3 Å². The molecule has 0 saturated carbocycles. The molecule has 6 rings (SSSR count). The van der Waals surface area contributed by atoms with E-state index in [1.165, 1.54) is 4.90 Å². The van der Waals surface area contributed by atoms with Gasteiger partial charge in [0, 0.05) is 46.9 Å². The van der Waals surface area contributed by atoms with E-state index in [0.717, 1.165) is 18.4 Å². The highest BCUT2D eigenvalue weighted by Crippen LogP contribution is 2.47. The van der Waals surface area contributed by atoms with Crippen molar-refractivity contribution >= 4 is 40.7 Å². The number of likely N-dealkylation sites (tertiary alicyclic amines) is 1. The molecule has 0 unspecified atom stereocenters. The zero-order chi connectivity index (χ0) is 38.4. The topological polar surface area (TPSA) is 158 Å². The molecule has 0 aromatic heterocycles. The van der Waals surface area contributed by atoms with Crippen molar-refractivity contribution in [1.82, 2.24) is 4.90 Å². The first kappa shape index (κ1) is 37.8. The summed E-state index contributed by atoms with van der Waals surface area (Å²) < 4.78 is 10.4. The number of methoxy groups -OCH3 is 2. The van der Waals surface area contributed by atoms with Crippen LogP contribution in [0.3, 0.4) is 0 Å². The van der Waals surface area contributed by atoms with Crippen LogP contribution in [0.15, 0.2) is 103 Å². The fourth-order valence-corrected chi connectivity index (χ4v) is 6.93. The third-order valence-corrected chi connectivity index (χ3v) is 10.1. The molecule has 4 N–H and O–H groups in total. The number of nitrogens with zero attached hydrogens (tertiary/aromatic N) is 2. The quantitative estimate of drug-likeness (QED) is 0.131. The van der Waals surface area contributed by atoms with E-state index in [1.54, 1.807) is 129 Å². The van der Waals surface area contributed by atoms with Crippen LogP contribution in [0.1, 0.15) is 58.0 Å². The second-order valence-corrected chi connectivity index (χ2v) is 13.4. The van der Waals surface area contributed by atoms with Gasteiger partial charge in [0.15, 0.2) is 5.60 Å². The van der Waals surface area contributed by atoms with Crippen molar-refractivity contribution < 1.29 is 38.9 Å². The number of aliphatic hydroxyl groups is 2. The first-order valence-corrected chi connectivity index (χ1v) is 17.8. The van der Waals surface area contributed by atoms with Crippen molar-refractivity contribution in [3.63, 3.8) is 0 Å². The molecule has 4 aromatic rings. The SMILES string of the molecule is COc1ccc(C(=O)Nc2ccc(CN3C(=O)[C@@](O)([C@@H](C)/C=C/CC(=O)N4CCC[C@H]4CO)c4cc(NC(=O)c5ccc(OC)cc5)ccc43)cc2)cc1. The summed E-state index contributed by atoms with van der Waals surface area (Å²) in [7, 11) is 3.10. The van der Waals surface area contributed by atoms with Crippen LogP contribution >= 0.6 is 0 Å². The van der Waals surface area contributed by atoms with Gasteiger partial charge in [0.2, 0.25) is 5.91 Å². The van der Waals surface area contributed by atoms with E-state index in [9.17, 15) is 29.4 Å². The first-order valence-electron chi connectivity index (χ1n) is 17.8. The Bertz CT molecular complexity index is 2030. The minimum Gasteiger partial charge on any atom is -0.497 e. The average Bonchev–Trinajstić information content (AvgIpc) is 3.76. The number of carbonyl (C=O) groups is 4. The summed E-state index contributed by atoms with van der Waals surface area (Å²) in [5.41, 5.74) is 1.32. The molecule has 4 aromatic carbocycles. The number of rotatable bonds is 13. The number of aliphatic hydroxyl groups excluding tert-OH is 1. The molecule has 4 amide bonds. The number of ether oxygens (including phenoxy) is 2. The molecule has 12 nitrogen and oxygen atoms in total. The Kier molecular flexibility index (Phi) is 11.4. The molecule has 2 heterocycles. The highest BCUT2D eigenvalue weighted by atomic mass is 16.5. The van der Waals surface area contributed by atoms with Gasteiger partial charge in [-0.2, -0.15) is 0 Å². The highest BCUT2D eigenvalue weighted by Gasteiger charge is 2.52. The van der Waals surface area contributed by atoms with E-state index in [0.29, 0.717) is 51.8 Å². The Hall–Kier alpha value is -5.98. The monoisotopic (exact) mass is 732 g/mol. The smallest absolute Gasteiger partial charge is 0.264 e. The zero-order valence-electron chi connectivity index (χ0n) is 30.5. The summed E-state index contributed by atoms with van der Waals surface area (Å²) in [6, 6.07) is 25.3. The van der Waals surface area contributed by atoms with E-state index < -0.39 is 17.4 Å². The highest BCUT2D eigenvalue weighted by molar-refractivity contribution is 6.09. The summed E-state index contributed by atoms with van der Waals surface area (Å²) in [6.45, 7) is 2.32. The van der Waals surface area contributed by atoms with Gasteiger partial charge in [-0.05, 0) is 97.3 Å². The third kappa shape index (κ3) is 7.85. The Morgan fingerprint density at radius 3 is 2.02 bits per heavy atom. The van der Waals surface area contributed by atoms with Crippen LogP contribution < -0.4 is 25.0 Å². The van der Waals surface area contributed by atoms with E-state index >= 15 is 0 Å². The molecule has 1 fully saturated rings. The predicted molar refractivity (Wildman–Crippen MR) is 205 cm³/mol. The molecular weight excluding hydrogens is 688 g/mol. The maximum absolute atomic E-state index is 14.3. The lowest BCUT2D eigenvalue weighted by Crippen LogP contribution is -2.44. The van der Waals surface area contributed by atoms with Gasteiger partial charge >= 0.3 is 0 Å². The molecule has 2 aliphatic rings. The van der Waals surface area contributed by atoms with Crippen LogP contribution in [0.2, 0.25) is 0 Å². The van der Waals surface area contributed by atoms with Crippen LogP contribution in [0.4, 0.5) is 17.1 Å². The molecule has 54 heavy (non-hydrogen) atoms. The summed E-state index contributed by atoms with van der Waals surface area (Å²) in [5, 5.41) is 27.8. The number of anilines is 3. The van der Waals surface area contributed by atoms with Crippen LogP contribution in [0, 0.1) is 5.92 Å². The number of hydrogen-bond donors (Lipinski definition) is 4. The lowest BCUT2D eigenvalue weighted by Gasteiger charge is -2.28. The number of amides is 4. The van der Waals surface area contributed by atoms with Gasteiger partial charge in [-0.3, -0.25) is 19.2 Å². The van der Waals surface area contributed by atoms with Crippen LogP contribution in [-0.2, 0) is 21.7 Å². The van der Waals surface area contributed by atoms with Gasteiger partial charge in [0.1, 0.15) is 11.5 Å². The van der Waals surface area contributed by atoms with Crippen molar-refractivity contribution in [2.45, 2.75) is 44.4 Å². The largest absolute Gasteiger partial charge is 0.497 e. The molecule has 0 aliphatic carbocycles. The average molecular weight is 733 g/mol. The summed E-state index contributed by atoms with van der Waals surface area (Å²) >= 11 is 0. The molecule has 0 bridgehead atoms.